The van der Waals surface area contributed by atoms with Gasteiger partial charge in [-0.2, -0.15) is 5.10 Å². The van der Waals surface area contributed by atoms with Crippen LogP contribution < -0.4 is 10.0 Å². The van der Waals surface area contributed by atoms with E-state index in [1.165, 1.54) is 11.3 Å². The summed E-state index contributed by atoms with van der Waals surface area (Å²) >= 11 is 1.46. The van der Waals surface area contributed by atoms with E-state index in [-0.39, 0.29) is 6.04 Å². The summed E-state index contributed by atoms with van der Waals surface area (Å²) in [4.78, 5) is 9.30. The van der Waals surface area contributed by atoms with Gasteiger partial charge in [0.1, 0.15) is 15.2 Å². The van der Waals surface area contributed by atoms with E-state index >= 15 is 0 Å². The van der Waals surface area contributed by atoms with Gasteiger partial charge in [0.05, 0.1) is 35.7 Å². The fourth-order valence-corrected chi connectivity index (χ4v) is 5.30. The average molecular weight is 404 g/mol. The highest BCUT2D eigenvalue weighted by Crippen LogP contribution is 2.31. The zero-order chi connectivity index (χ0) is 19.1. The maximum Gasteiger partial charge on any atom is 0.176 e. The Bertz CT molecular complexity index is 1050. The number of imidazole rings is 1. The molecule has 4 heterocycles. The van der Waals surface area contributed by atoms with Crippen molar-refractivity contribution >= 4 is 33.2 Å². The largest absolute Gasteiger partial charge is 0.329 e. The molecule has 0 fully saturated rings. The van der Waals surface area contributed by atoms with E-state index in [0.717, 1.165) is 37.7 Å². The van der Waals surface area contributed by atoms with Crippen molar-refractivity contribution in [1.82, 2.24) is 24.1 Å². The number of rotatable bonds is 4. The van der Waals surface area contributed by atoms with Crippen LogP contribution in [-0.2, 0) is 18.0 Å². The predicted molar refractivity (Wildman–Crippen MR) is 109 cm³/mol. The highest BCUT2D eigenvalue weighted by atomic mass is 32.2. The number of fused-ring (bicyclic) bond motifs is 1. The molecule has 0 aliphatic carbocycles. The maximum absolute atomic E-state index is 12.1. The van der Waals surface area contributed by atoms with Crippen LogP contribution in [0.15, 0.2) is 33.9 Å². The van der Waals surface area contributed by atoms with Crippen molar-refractivity contribution in [3.05, 3.63) is 36.0 Å². The molecular formula is C17H21N7OS2. The fraction of sp³-hybridized carbons (Fsp3) is 0.353. The minimum Gasteiger partial charge on any atom is -0.329 e. The number of amidine groups is 1. The van der Waals surface area contributed by atoms with Gasteiger partial charge in [-0.05, 0) is 32.5 Å². The third-order valence-corrected chi connectivity index (χ3v) is 7.11. The molecule has 0 saturated heterocycles. The van der Waals surface area contributed by atoms with Crippen molar-refractivity contribution in [3.63, 3.8) is 0 Å². The molecule has 2 unspecified atom stereocenters. The van der Waals surface area contributed by atoms with E-state index in [9.17, 15) is 4.21 Å². The number of hydrogen-bond acceptors (Lipinski definition) is 6. The van der Waals surface area contributed by atoms with Gasteiger partial charge in [-0.1, -0.05) is 0 Å². The molecule has 3 aromatic rings. The van der Waals surface area contributed by atoms with Crippen LogP contribution in [0.2, 0.25) is 0 Å². The van der Waals surface area contributed by atoms with Crippen LogP contribution in [0.25, 0.3) is 11.3 Å². The van der Waals surface area contributed by atoms with Gasteiger partial charge in [-0.3, -0.25) is 9.67 Å². The molecule has 8 nitrogen and oxygen atoms in total. The van der Waals surface area contributed by atoms with Gasteiger partial charge in [0, 0.05) is 18.8 Å². The molecule has 4 rings (SSSR count). The number of nitrogens with zero attached hydrogens (tertiary/aromatic N) is 5. The molecule has 1 aliphatic rings. The number of aliphatic imine (C=N–C) groups is 1. The van der Waals surface area contributed by atoms with E-state index in [0.29, 0.717) is 6.54 Å². The first-order valence-corrected chi connectivity index (χ1v) is 10.5. The highest BCUT2D eigenvalue weighted by Gasteiger charge is 2.25. The van der Waals surface area contributed by atoms with Crippen molar-refractivity contribution in [1.29, 1.82) is 0 Å². The van der Waals surface area contributed by atoms with E-state index in [1.54, 1.807) is 11.7 Å². The lowest BCUT2D eigenvalue weighted by atomic mass is 10.2. The SMILES string of the molecule is CNS(=O)c1sc(NC2=NCC(C)n3c(-c4cnn(C)c4)cnc32)cc1C. The molecule has 0 bridgehead atoms. The lowest BCUT2D eigenvalue weighted by Gasteiger charge is -2.23. The van der Waals surface area contributed by atoms with Gasteiger partial charge in [0.25, 0.3) is 0 Å². The van der Waals surface area contributed by atoms with Crippen LogP contribution in [0.1, 0.15) is 24.4 Å². The second kappa shape index (κ2) is 7.02. The third-order valence-electron chi connectivity index (χ3n) is 4.43. The zero-order valence-electron chi connectivity index (χ0n) is 15.6. The van der Waals surface area contributed by atoms with Crippen LogP contribution in [0.5, 0.6) is 0 Å². The van der Waals surface area contributed by atoms with Crippen molar-refractivity contribution in [2.75, 3.05) is 18.9 Å². The number of thiophene rings is 1. The molecule has 10 heteroatoms. The van der Waals surface area contributed by atoms with E-state index in [1.807, 2.05) is 38.6 Å². The van der Waals surface area contributed by atoms with E-state index in [2.05, 4.69) is 36.6 Å². The van der Waals surface area contributed by atoms with E-state index < -0.39 is 11.0 Å². The molecule has 27 heavy (non-hydrogen) atoms. The van der Waals surface area contributed by atoms with Gasteiger partial charge >= 0.3 is 0 Å². The van der Waals surface area contributed by atoms with E-state index in [4.69, 9.17) is 0 Å². The quantitative estimate of drug-likeness (QED) is 0.700. The molecule has 0 aromatic carbocycles. The number of anilines is 1. The molecule has 2 atom stereocenters. The van der Waals surface area contributed by atoms with Crippen LogP contribution >= 0.6 is 11.3 Å². The van der Waals surface area contributed by atoms with Crippen LogP contribution in [0.3, 0.4) is 0 Å². The number of aromatic nitrogens is 4. The zero-order valence-corrected chi connectivity index (χ0v) is 17.2. The first kappa shape index (κ1) is 18.1. The summed E-state index contributed by atoms with van der Waals surface area (Å²) in [6, 6.07) is 2.20. The highest BCUT2D eigenvalue weighted by molar-refractivity contribution is 7.85. The molecule has 1 aliphatic heterocycles. The van der Waals surface area contributed by atoms with Crippen molar-refractivity contribution < 1.29 is 4.21 Å². The Morgan fingerprint density at radius 2 is 2.19 bits per heavy atom. The van der Waals surface area contributed by atoms with Crippen LogP contribution in [0, 0.1) is 6.92 Å². The first-order valence-electron chi connectivity index (χ1n) is 8.55. The summed E-state index contributed by atoms with van der Waals surface area (Å²) in [6.45, 7) is 4.76. The van der Waals surface area contributed by atoms with Crippen LogP contribution in [-0.4, -0.2) is 43.0 Å². The van der Waals surface area contributed by atoms with Gasteiger partial charge < -0.3 is 9.88 Å². The second-order valence-electron chi connectivity index (χ2n) is 6.46. The normalized spacial score (nSPS) is 17.5. The van der Waals surface area contributed by atoms with Crippen LogP contribution in [0.4, 0.5) is 5.00 Å². The molecule has 0 spiro atoms. The van der Waals surface area contributed by atoms with Gasteiger partial charge in [0.2, 0.25) is 0 Å². The monoisotopic (exact) mass is 403 g/mol. The molecule has 0 radical (unpaired) electrons. The minimum atomic E-state index is -1.20. The van der Waals surface area contributed by atoms with Gasteiger partial charge in [-0.15, -0.1) is 11.3 Å². The summed E-state index contributed by atoms with van der Waals surface area (Å²) in [7, 11) is 2.39. The molecule has 3 aromatic heterocycles. The molecule has 0 saturated carbocycles. The molecular weight excluding hydrogens is 382 g/mol. The Morgan fingerprint density at radius 3 is 2.89 bits per heavy atom. The third kappa shape index (κ3) is 3.24. The van der Waals surface area contributed by atoms with Gasteiger partial charge in [0.15, 0.2) is 11.7 Å². The van der Waals surface area contributed by atoms with Crippen molar-refractivity contribution in [2.45, 2.75) is 24.1 Å². The summed E-state index contributed by atoms with van der Waals surface area (Å²) in [5.41, 5.74) is 3.04. The lowest BCUT2D eigenvalue weighted by Crippen LogP contribution is -2.27. The Morgan fingerprint density at radius 1 is 1.37 bits per heavy atom. The second-order valence-corrected chi connectivity index (χ2v) is 9.12. The summed E-state index contributed by atoms with van der Waals surface area (Å²) in [5, 5.41) is 8.54. The van der Waals surface area contributed by atoms with Gasteiger partial charge in [-0.25, -0.2) is 13.9 Å². The smallest absolute Gasteiger partial charge is 0.176 e. The number of nitrogens with one attached hydrogen (secondary N) is 2. The average Bonchev–Trinajstić information content (AvgIpc) is 3.35. The number of hydrogen-bond donors (Lipinski definition) is 2. The minimum absolute atomic E-state index is 0.209. The topological polar surface area (TPSA) is 89.1 Å². The lowest BCUT2D eigenvalue weighted by molar-refractivity contribution is 0.546. The number of aryl methyl sites for hydroxylation is 2. The Hall–Kier alpha value is -2.30. The van der Waals surface area contributed by atoms with Crippen molar-refractivity contribution in [2.24, 2.45) is 12.0 Å². The Labute approximate surface area is 163 Å². The van der Waals surface area contributed by atoms with Crippen molar-refractivity contribution in [3.8, 4) is 11.3 Å². The predicted octanol–water partition coefficient (Wildman–Crippen LogP) is 2.33. The molecule has 0 amide bonds. The summed E-state index contributed by atoms with van der Waals surface area (Å²) < 4.78 is 19.6. The Kier molecular flexibility index (Phi) is 4.70. The standard InChI is InChI=1S/C17H21N7OS2/c1-10-5-14(26-17(10)27(25)18-3)22-15-16-20-8-13(12-7-21-23(4)9-12)24(16)11(2)6-19-15/h5,7-9,11,18H,6H2,1-4H3,(H,19,22). The summed E-state index contributed by atoms with van der Waals surface area (Å²) in [6.07, 6.45) is 5.70. The fourth-order valence-electron chi connectivity index (χ4n) is 3.14. The summed E-state index contributed by atoms with van der Waals surface area (Å²) in [5.74, 6) is 1.53. The molecule has 142 valence electrons. The first-order chi connectivity index (χ1) is 13.0. The Balaban J connectivity index is 1.67. The maximum atomic E-state index is 12.1. The molecule has 2 N–H and O–H groups in total.